The maximum absolute atomic E-state index is 13.0. The Labute approximate surface area is 194 Å². The molecule has 0 aliphatic heterocycles. The number of carbonyl (C=O) groups excluding carboxylic acids is 2. The van der Waals surface area contributed by atoms with Gasteiger partial charge in [0.2, 0.25) is 0 Å². The highest BCUT2D eigenvalue weighted by atomic mass is 16.5. The van der Waals surface area contributed by atoms with Crippen molar-refractivity contribution >= 4 is 11.9 Å². The van der Waals surface area contributed by atoms with Gasteiger partial charge in [-0.15, -0.1) is 0 Å². The van der Waals surface area contributed by atoms with E-state index < -0.39 is 11.9 Å². The fraction of sp³-hybridized carbons (Fsp3) is 0.714. The number of hydrogen-bond acceptors (Lipinski definition) is 4. The third-order valence-electron chi connectivity index (χ3n) is 10.2. The number of benzene rings is 1. The van der Waals surface area contributed by atoms with Crippen molar-refractivity contribution in [2.75, 3.05) is 13.2 Å². The lowest BCUT2D eigenvalue weighted by molar-refractivity contribution is -0.00643. The van der Waals surface area contributed by atoms with Crippen LogP contribution in [0.5, 0.6) is 0 Å². The monoisotopic (exact) mass is 442 g/mol. The van der Waals surface area contributed by atoms with Crippen LogP contribution < -0.4 is 0 Å². The number of esters is 2. The third-order valence-corrected chi connectivity index (χ3v) is 10.2. The van der Waals surface area contributed by atoms with Crippen molar-refractivity contribution in [3.8, 4) is 0 Å². The Morgan fingerprint density at radius 3 is 1.38 bits per heavy atom. The SMILES string of the molecule is C[C@H]1CC[C@](C)(COC(=O)c2ccccc2C(=O)OC[C@@]2(C)CC[C@H](C)C2(C)C)C1(C)C. The fourth-order valence-electron chi connectivity index (χ4n) is 5.59. The second kappa shape index (κ2) is 8.50. The largest absolute Gasteiger partial charge is 0.461 e. The van der Waals surface area contributed by atoms with Gasteiger partial charge in [-0.3, -0.25) is 0 Å². The minimum absolute atomic E-state index is 0.0725. The van der Waals surface area contributed by atoms with Gasteiger partial charge in [0, 0.05) is 10.8 Å². The molecule has 32 heavy (non-hydrogen) atoms. The first kappa shape index (κ1) is 24.8. The summed E-state index contributed by atoms with van der Waals surface area (Å²) in [5, 5.41) is 0. The van der Waals surface area contributed by atoms with Crippen LogP contribution in [0.4, 0.5) is 0 Å². The summed E-state index contributed by atoms with van der Waals surface area (Å²) in [6, 6.07) is 6.85. The molecule has 4 atom stereocenters. The van der Waals surface area contributed by atoms with Crippen molar-refractivity contribution < 1.29 is 19.1 Å². The highest BCUT2D eigenvalue weighted by Crippen LogP contribution is 2.56. The van der Waals surface area contributed by atoms with Crippen LogP contribution in [0.1, 0.15) is 102 Å². The summed E-state index contributed by atoms with van der Waals surface area (Å²) in [6.45, 7) is 18.7. The van der Waals surface area contributed by atoms with Crippen LogP contribution in [0.3, 0.4) is 0 Å². The molecule has 1 aromatic carbocycles. The van der Waals surface area contributed by atoms with E-state index in [9.17, 15) is 9.59 Å². The predicted molar refractivity (Wildman–Crippen MR) is 128 cm³/mol. The summed E-state index contributed by atoms with van der Waals surface area (Å²) < 4.78 is 11.6. The first-order valence-electron chi connectivity index (χ1n) is 12.2. The molecule has 4 nitrogen and oxygen atoms in total. The van der Waals surface area contributed by atoms with Gasteiger partial charge in [-0.25, -0.2) is 9.59 Å². The lowest BCUT2D eigenvalue weighted by Crippen LogP contribution is -2.38. The van der Waals surface area contributed by atoms with E-state index in [1.807, 2.05) is 0 Å². The topological polar surface area (TPSA) is 52.6 Å². The van der Waals surface area contributed by atoms with E-state index in [1.165, 1.54) is 0 Å². The zero-order chi connectivity index (χ0) is 23.9. The van der Waals surface area contributed by atoms with Crippen molar-refractivity contribution in [2.45, 2.75) is 81.1 Å². The predicted octanol–water partition coefficient (Wildman–Crippen LogP) is 6.93. The van der Waals surface area contributed by atoms with E-state index in [0.717, 1.165) is 25.7 Å². The van der Waals surface area contributed by atoms with Crippen LogP contribution in [0.2, 0.25) is 0 Å². The zero-order valence-electron chi connectivity index (χ0n) is 21.3. The molecule has 0 amide bonds. The maximum Gasteiger partial charge on any atom is 0.339 e. The van der Waals surface area contributed by atoms with Gasteiger partial charge in [-0.1, -0.05) is 67.5 Å². The lowest BCUT2D eigenvalue weighted by atomic mass is 9.66. The molecule has 2 aliphatic rings. The van der Waals surface area contributed by atoms with Gasteiger partial charge in [0.25, 0.3) is 0 Å². The zero-order valence-corrected chi connectivity index (χ0v) is 21.3. The number of carbonyl (C=O) groups is 2. The average molecular weight is 443 g/mol. The van der Waals surface area contributed by atoms with E-state index in [0.29, 0.717) is 25.0 Å². The Morgan fingerprint density at radius 1 is 0.750 bits per heavy atom. The van der Waals surface area contributed by atoms with E-state index in [2.05, 4.69) is 55.4 Å². The van der Waals surface area contributed by atoms with Crippen molar-refractivity contribution in [2.24, 2.45) is 33.5 Å². The van der Waals surface area contributed by atoms with Gasteiger partial charge in [-0.2, -0.15) is 0 Å². The van der Waals surface area contributed by atoms with E-state index in [-0.39, 0.29) is 32.8 Å². The summed E-state index contributed by atoms with van der Waals surface area (Å²) in [5.74, 6) is 0.264. The van der Waals surface area contributed by atoms with Gasteiger partial charge in [0.05, 0.1) is 24.3 Å². The summed E-state index contributed by atoms with van der Waals surface area (Å²) in [6.07, 6.45) is 4.34. The van der Waals surface area contributed by atoms with Crippen LogP contribution in [0.25, 0.3) is 0 Å². The standard InChI is InChI=1S/C28H42O4/c1-19-13-15-27(7,25(19,3)4)17-31-23(29)21-11-9-10-12-22(21)24(30)32-18-28(8)16-14-20(2)26(28,5)6/h9-12,19-20H,13-18H2,1-8H3/t19-,20-,27+,28+/m0/s1. The van der Waals surface area contributed by atoms with Crippen LogP contribution in [-0.2, 0) is 9.47 Å². The maximum atomic E-state index is 13.0. The molecule has 2 saturated carbocycles. The van der Waals surface area contributed by atoms with Crippen LogP contribution in [0.15, 0.2) is 24.3 Å². The van der Waals surface area contributed by atoms with Crippen molar-refractivity contribution in [3.05, 3.63) is 35.4 Å². The number of hydrogen-bond donors (Lipinski definition) is 0. The Kier molecular flexibility index (Phi) is 6.59. The van der Waals surface area contributed by atoms with Gasteiger partial charge in [0.1, 0.15) is 0 Å². The fourth-order valence-corrected chi connectivity index (χ4v) is 5.59. The summed E-state index contributed by atoms with van der Waals surface area (Å²) in [4.78, 5) is 26.0. The van der Waals surface area contributed by atoms with Gasteiger partial charge in [-0.05, 0) is 60.5 Å². The molecular weight excluding hydrogens is 400 g/mol. The second-order valence-electron chi connectivity index (χ2n) is 12.1. The molecule has 178 valence electrons. The lowest BCUT2D eigenvalue weighted by Gasteiger charge is -2.40. The molecule has 3 rings (SSSR count). The summed E-state index contributed by atoms with van der Waals surface area (Å²) >= 11 is 0. The highest BCUT2D eigenvalue weighted by Gasteiger charge is 2.51. The Hall–Kier alpha value is -1.84. The first-order valence-corrected chi connectivity index (χ1v) is 12.2. The number of rotatable bonds is 6. The van der Waals surface area contributed by atoms with E-state index in [1.54, 1.807) is 24.3 Å². The van der Waals surface area contributed by atoms with Gasteiger partial charge < -0.3 is 9.47 Å². The third kappa shape index (κ3) is 4.10. The van der Waals surface area contributed by atoms with Gasteiger partial charge in [0.15, 0.2) is 0 Å². The van der Waals surface area contributed by atoms with Crippen molar-refractivity contribution in [1.29, 1.82) is 0 Å². The van der Waals surface area contributed by atoms with Crippen molar-refractivity contribution in [1.82, 2.24) is 0 Å². The van der Waals surface area contributed by atoms with Crippen LogP contribution in [-0.4, -0.2) is 25.2 Å². The molecule has 2 fully saturated rings. The smallest absolute Gasteiger partial charge is 0.339 e. The molecular formula is C28H42O4. The van der Waals surface area contributed by atoms with E-state index >= 15 is 0 Å². The Morgan fingerprint density at radius 2 is 1.09 bits per heavy atom. The average Bonchev–Trinajstić information content (AvgIpc) is 3.09. The van der Waals surface area contributed by atoms with Crippen LogP contribution in [0, 0.1) is 33.5 Å². The normalized spacial score (nSPS) is 33.1. The number of ether oxygens (including phenoxy) is 2. The molecule has 0 heterocycles. The van der Waals surface area contributed by atoms with E-state index in [4.69, 9.17) is 9.47 Å². The van der Waals surface area contributed by atoms with Crippen LogP contribution >= 0.6 is 0 Å². The first-order chi connectivity index (χ1) is 14.8. The molecule has 0 unspecified atom stereocenters. The molecule has 0 radical (unpaired) electrons. The second-order valence-corrected chi connectivity index (χ2v) is 12.1. The van der Waals surface area contributed by atoms with Crippen molar-refractivity contribution in [3.63, 3.8) is 0 Å². The Bertz CT molecular complexity index is 799. The molecule has 2 aliphatic carbocycles. The molecule has 1 aromatic rings. The summed E-state index contributed by atoms with van der Waals surface area (Å²) in [5.41, 5.74) is 0.607. The molecule has 0 saturated heterocycles. The summed E-state index contributed by atoms with van der Waals surface area (Å²) in [7, 11) is 0. The molecule has 0 aromatic heterocycles. The molecule has 0 bridgehead atoms. The van der Waals surface area contributed by atoms with Gasteiger partial charge >= 0.3 is 11.9 Å². The Balaban J connectivity index is 1.69. The minimum Gasteiger partial charge on any atom is -0.461 e. The minimum atomic E-state index is -0.449. The quantitative estimate of drug-likeness (QED) is 0.448. The molecule has 0 N–H and O–H groups in total. The molecule has 4 heteroatoms. The highest BCUT2D eigenvalue weighted by molar-refractivity contribution is 6.03. The molecule has 0 spiro atoms.